The number of nitrogens with two attached hydrogens (primary N) is 1. The number of anilines is 1. The van der Waals surface area contributed by atoms with Crippen molar-refractivity contribution in [1.82, 2.24) is 0 Å². The van der Waals surface area contributed by atoms with Gasteiger partial charge in [0.25, 0.3) is 0 Å². The minimum atomic E-state index is 0. The Bertz CT molecular complexity index is 291. The van der Waals surface area contributed by atoms with Crippen LogP contribution in [0.2, 0.25) is 0 Å². The number of phenols is 1. The Morgan fingerprint density at radius 1 is 1.50 bits per heavy atom. The van der Waals surface area contributed by atoms with E-state index in [1.165, 1.54) is 12.1 Å². The van der Waals surface area contributed by atoms with Crippen molar-refractivity contribution < 1.29 is 26.2 Å². The summed E-state index contributed by atoms with van der Waals surface area (Å²) >= 11 is 5.11. The van der Waals surface area contributed by atoms with Crippen molar-refractivity contribution >= 4 is 28.6 Å². The molecule has 0 saturated carbocycles. The molecule has 0 aliphatic heterocycles. The molecule has 0 radical (unpaired) electrons. The molecule has 0 spiro atoms. The van der Waals surface area contributed by atoms with Crippen LogP contribution in [0.25, 0.3) is 0 Å². The standard InChI is InChI=1S/C7H6ClN2O.W/c8-4-10-7-3-5(11)1-2-6(7)9;/h1-3,11H,9H2;/q-1;. The summed E-state index contributed by atoms with van der Waals surface area (Å²) in [4.78, 5) is 3.60. The first-order valence-electron chi connectivity index (χ1n) is 2.89. The van der Waals surface area contributed by atoms with E-state index in [0.717, 1.165) is 0 Å². The second-order valence-electron chi connectivity index (χ2n) is 1.94. The summed E-state index contributed by atoms with van der Waals surface area (Å²) in [5, 5.41) is 8.98. The molecule has 0 bridgehead atoms. The Kier molecular flexibility index (Phi) is 4.94. The SMILES string of the molecule is Nc1ccc(O)cc1N=[C-]Cl.[W]. The van der Waals surface area contributed by atoms with E-state index < -0.39 is 0 Å². The number of aliphatic imine (C=N–C) groups is 1. The first kappa shape index (κ1) is 11.5. The number of hydrogen-bond acceptors (Lipinski definition) is 3. The second kappa shape index (κ2) is 5.17. The predicted octanol–water partition coefficient (Wildman–Crippen LogP) is 1.75. The van der Waals surface area contributed by atoms with Crippen molar-refractivity contribution in [2.24, 2.45) is 4.99 Å². The molecule has 0 amide bonds. The van der Waals surface area contributed by atoms with Crippen molar-refractivity contribution in [2.75, 3.05) is 5.73 Å². The zero-order valence-corrected chi connectivity index (χ0v) is 9.68. The zero-order chi connectivity index (χ0) is 8.27. The molecule has 3 nitrogen and oxygen atoms in total. The molecular weight excluding hydrogens is 347 g/mol. The summed E-state index contributed by atoms with van der Waals surface area (Å²) in [6.45, 7) is 0. The van der Waals surface area contributed by atoms with E-state index in [4.69, 9.17) is 22.4 Å². The van der Waals surface area contributed by atoms with E-state index in [1.807, 2.05) is 0 Å². The van der Waals surface area contributed by atoms with Crippen LogP contribution in [0, 0.1) is 0 Å². The van der Waals surface area contributed by atoms with E-state index in [2.05, 4.69) is 10.7 Å². The molecule has 0 aromatic heterocycles. The Labute approximate surface area is 89.5 Å². The fraction of sp³-hybridized carbons (Fsp3) is 0. The zero-order valence-electron chi connectivity index (χ0n) is 5.99. The van der Waals surface area contributed by atoms with Crippen LogP contribution < -0.4 is 5.73 Å². The van der Waals surface area contributed by atoms with Crippen molar-refractivity contribution in [3.63, 3.8) is 0 Å². The van der Waals surface area contributed by atoms with Gasteiger partial charge in [0.2, 0.25) is 0 Å². The summed E-state index contributed by atoms with van der Waals surface area (Å²) < 4.78 is 0. The molecule has 0 aliphatic carbocycles. The fourth-order valence-electron chi connectivity index (χ4n) is 0.674. The third kappa shape index (κ3) is 2.84. The minimum Gasteiger partial charge on any atom is -0.509 e. The van der Waals surface area contributed by atoms with Gasteiger partial charge in [-0.1, -0.05) is 23.5 Å². The van der Waals surface area contributed by atoms with Gasteiger partial charge in [0.05, 0.1) is 5.75 Å². The average Bonchev–Trinajstić information content (AvgIpc) is 1.98. The van der Waals surface area contributed by atoms with Gasteiger partial charge >= 0.3 is 0 Å². The topological polar surface area (TPSA) is 58.6 Å². The number of phenolic OH excluding ortho intramolecular Hbond substituents is 1. The molecule has 0 fully saturated rings. The summed E-state index contributed by atoms with van der Waals surface area (Å²) in [6, 6.07) is 4.43. The van der Waals surface area contributed by atoms with Crippen LogP contribution in [0.15, 0.2) is 23.2 Å². The molecule has 1 aromatic rings. The van der Waals surface area contributed by atoms with Gasteiger partial charge in [-0.15, -0.1) is 0 Å². The maximum absolute atomic E-state index is 8.98. The molecule has 0 aliphatic rings. The van der Waals surface area contributed by atoms with Crippen LogP contribution in [0.4, 0.5) is 11.4 Å². The van der Waals surface area contributed by atoms with Crippen molar-refractivity contribution in [3.05, 3.63) is 18.2 Å². The molecule has 0 unspecified atom stereocenters. The quantitative estimate of drug-likeness (QED) is 0.350. The molecule has 3 N–H and O–H groups in total. The van der Waals surface area contributed by atoms with Gasteiger partial charge in [-0.25, -0.2) is 11.6 Å². The average molecular weight is 353 g/mol. The summed E-state index contributed by atoms with van der Waals surface area (Å²) in [7, 11) is 0. The van der Waals surface area contributed by atoms with Crippen LogP contribution in [0.1, 0.15) is 0 Å². The van der Waals surface area contributed by atoms with E-state index in [1.54, 1.807) is 6.07 Å². The monoisotopic (exact) mass is 353 g/mol. The molecule has 5 heteroatoms. The molecule has 0 heterocycles. The van der Waals surface area contributed by atoms with Crippen molar-refractivity contribution in [2.45, 2.75) is 0 Å². The number of halogens is 1. The van der Waals surface area contributed by atoms with Gasteiger partial charge in [-0.3, -0.25) is 0 Å². The Balaban J connectivity index is 0.00000121. The number of hydrogen-bond donors (Lipinski definition) is 2. The number of nitrogen functional groups attached to an aromatic ring is 1. The normalized spacial score (nSPS) is 9.75. The Hall–Kier alpha value is -0.532. The third-order valence-corrected chi connectivity index (χ3v) is 1.26. The molecule has 1 rings (SSSR count). The van der Waals surface area contributed by atoms with Crippen LogP contribution in [0.3, 0.4) is 0 Å². The van der Waals surface area contributed by atoms with Gasteiger partial charge in [0.1, 0.15) is 0 Å². The molecule has 64 valence electrons. The molecule has 1 aromatic carbocycles. The third-order valence-electron chi connectivity index (χ3n) is 1.18. The van der Waals surface area contributed by atoms with Crippen LogP contribution in [-0.2, 0) is 21.1 Å². The van der Waals surface area contributed by atoms with Gasteiger partial charge < -0.3 is 15.8 Å². The fourth-order valence-corrected chi connectivity index (χ4v) is 0.765. The minimum absolute atomic E-state index is 0. The van der Waals surface area contributed by atoms with Crippen molar-refractivity contribution in [1.29, 1.82) is 0 Å². The number of rotatable bonds is 1. The van der Waals surface area contributed by atoms with Crippen LogP contribution in [0.5, 0.6) is 5.75 Å². The number of benzene rings is 1. The Morgan fingerprint density at radius 2 is 2.17 bits per heavy atom. The Morgan fingerprint density at radius 3 is 2.75 bits per heavy atom. The predicted molar refractivity (Wildman–Crippen MR) is 45.5 cm³/mol. The molecule has 12 heavy (non-hydrogen) atoms. The van der Waals surface area contributed by atoms with Crippen molar-refractivity contribution in [3.8, 4) is 5.75 Å². The molecular formula is C7H6ClN2OW-. The van der Waals surface area contributed by atoms with Gasteiger partial charge in [0.15, 0.2) is 0 Å². The van der Waals surface area contributed by atoms with Gasteiger partial charge in [-0.05, 0) is 11.8 Å². The number of nitrogens with zero attached hydrogens (tertiary/aromatic N) is 1. The van der Waals surface area contributed by atoms with E-state index in [9.17, 15) is 0 Å². The summed E-state index contributed by atoms with van der Waals surface area (Å²) in [6.07, 6.45) is 0. The van der Waals surface area contributed by atoms with Gasteiger partial charge in [0, 0.05) is 21.1 Å². The first-order valence-corrected chi connectivity index (χ1v) is 3.26. The smallest absolute Gasteiger partial charge is 0.0995 e. The summed E-state index contributed by atoms with van der Waals surface area (Å²) in [5.41, 5.74) is 8.40. The van der Waals surface area contributed by atoms with E-state index in [-0.39, 0.29) is 26.8 Å². The summed E-state index contributed by atoms with van der Waals surface area (Å²) in [5.74, 6) is 0.102. The molecule has 0 atom stereocenters. The largest absolute Gasteiger partial charge is 0.509 e. The molecule has 0 saturated heterocycles. The van der Waals surface area contributed by atoms with E-state index >= 15 is 0 Å². The first-order chi connectivity index (χ1) is 5.24. The maximum Gasteiger partial charge on any atom is 0.0995 e. The maximum atomic E-state index is 8.98. The van der Waals surface area contributed by atoms with E-state index in [0.29, 0.717) is 11.4 Å². The number of aromatic hydroxyl groups is 1. The van der Waals surface area contributed by atoms with Crippen LogP contribution in [-0.4, -0.2) is 10.8 Å². The van der Waals surface area contributed by atoms with Gasteiger partial charge in [-0.2, -0.15) is 0 Å². The van der Waals surface area contributed by atoms with Crippen LogP contribution >= 0.6 is 11.6 Å². The second-order valence-corrected chi connectivity index (χ2v) is 2.11.